The van der Waals surface area contributed by atoms with E-state index in [1.165, 1.54) is 0 Å². The average molecular weight is 1030 g/mol. The lowest BCUT2D eigenvalue weighted by Crippen LogP contribution is -2.61. The monoisotopic (exact) mass is 1030 g/mol. The Bertz CT molecular complexity index is 1660. The van der Waals surface area contributed by atoms with Crippen molar-refractivity contribution in [2.24, 2.45) is 0 Å². The highest BCUT2D eigenvalue weighted by atomic mass is 16.7. The van der Waals surface area contributed by atoms with Crippen LogP contribution in [0, 0.1) is 0 Å². The van der Waals surface area contributed by atoms with Crippen molar-refractivity contribution in [3.63, 3.8) is 0 Å². The van der Waals surface area contributed by atoms with E-state index >= 15 is 0 Å². The van der Waals surface area contributed by atoms with Gasteiger partial charge in [-0.2, -0.15) is 0 Å². The minimum Gasteiger partial charge on any atom is -0.457 e. The Kier molecular flexibility index (Phi) is 40.1. The second-order valence-corrected chi connectivity index (χ2v) is 18.3. The first-order valence-electron chi connectivity index (χ1n) is 27.1. The molecule has 2 aliphatic rings. The number of aliphatic hydroxyl groups is 7. The first kappa shape index (κ1) is 65.5. The molecule has 73 heavy (non-hydrogen) atoms. The predicted octanol–water partition coefficient (Wildman–Crippen LogP) is 8.96. The molecule has 2 heterocycles. The van der Waals surface area contributed by atoms with Gasteiger partial charge in [-0.25, -0.2) is 0 Å². The molecule has 0 aromatic carbocycles. The van der Waals surface area contributed by atoms with Crippen LogP contribution in [-0.4, -0.2) is 142 Å². The summed E-state index contributed by atoms with van der Waals surface area (Å²) in [6.45, 7) is 3.32. The zero-order chi connectivity index (χ0) is 53.0. The van der Waals surface area contributed by atoms with Crippen LogP contribution in [0.3, 0.4) is 0 Å². The number of hydrogen-bond donors (Lipinski definition) is 7. The SMILES string of the molecule is CC/C=C\C/C=C\C/C=C\C/C=C\C/C=C\C/C=C\CCCCC(=O)OC(COCCCCCCC/C=C\C/C=C\C/C=C\C/C=C\CC)COC1OC(COC2OC(CO)C(O)C(O)C2O)C(O)C(O)C1O. The van der Waals surface area contributed by atoms with Gasteiger partial charge in [0.05, 0.1) is 26.4 Å². The highest BCUT2D eigenvalue weighted by Crippen LogP contribution is 2.26. The first-order valence-corrected chi connectivity index (χ1v) is 27.1. The molecule has 0 aromatic rings. The number of rotatable bonds is 41. The molecule has 0 aromatic heterocycles. The third-order valence-corrected chi connectivity index (χ3v) is 12.0. The Morgan fingerprint density at radius 3 is 1.33 bits per heavy atom. The molecule has 0 amide bonds. The lowest BCUT2D eigenvalue weighted by atomic mass is 9.98. The molecular weight excluding hydrogens is 933 g/mol. The van der Waals surface area contributed by atoms with Crippen LogP contribution in [0.2, 0.25) is 0 Å². The normalized spacial score (nSPS) is 25.9. The van der Waals surface area contributed by atoms with Gasteiger partial charge in [-0.1, -0.05) is 155 Å². The number of carbonyl (C=O) groups is 1. The maximum atomic E-state index is 13.0. The van der Waals surface area contributed by atoms with Crippen LogP contribution >= 0.6 is 0 Å². The summed E-state index contributed by atoms with van der Waals surface area (Å²) in [5, 5.41) is 72.3. The van der Waals surface area contributed by atoms with Gasteiger partial charge < -0.3 is 64.2 Å². The number of allylic oxidation sites excluding steroid dienone is 20. The summed E-state index contributed by atoms with van der Waals surface area (Å²) in [6.07, 6.45) is 45.4. The largest absolute Gasteiger partial charge is 0.457 e. The van der Waals surface area contributed by atoms with Gasteiger partial charge in [-0.15, -0.1) is 0 Å². The fourth-order valence-electron chi connectivity index (χ4n) is 7.63. The van der Waals surface area contributed by atoms with Gasteiger partial charge in [0.1, 0.15) is 54.9 Å². The van der Waals surface area contributed by atoms with Gasteiger partial charge in [0, 0.05) is 13.0 Å². The Hall–Kier alpha value is -3.61. The summed E-state index contributed by atoms with van der Waals surface area (Å²) in [5.74, 6) is -0.431. The second-order valence-electron chi connectivity index (χ2n) is 18.3. The van der Waals surface area contributed by atoms with Crippen molar-refractivity contribution in [3.05, 3.63) is 122 Å². The molecule has 2 fully saturated rings. The van der Waals surface area contributed by atoms with E-state index in [1.54, 1.807) is 0 Å². The van der Waals surface area contributed by atoms with E-state index in [2.05, 4.69) is 135 Å². The van der Waals surface area contributed by atoms with E-state index in [1.807, 2.05) is 0 Å². The molecule has 0 aliphatic carbocycles. The molecule has 414 valence electrons. The zero-order valence-electron chi connectivity index (χ0n) is 44.1. The summed E-state index contributed by atoms with van der Waals surface area (Å²) < 4.78 is 34.2. The third-order valence-electron chi connectivity index (χ3n) is 12.0. The number of aliphatic hydroxyl groups excluding tert-OH is 7. The minimum absolute atomic E-state index is 0.0216. The first-order chi connectivity index (χ1) is 35.6. The molecule has 2 aliphatic heterocycles. The van der Waals surface area contributed by atoms with E-state index in [4.69, 9.17) is 28.4 Å². The molecule has 11 atom stereocenters. The van der Waals surface area contributed by atoms with Gasteiger partial charge in [0.25, 0.3) is 0 Å². The molecule has 0 spiro atoms. The van der Waals surface area contributed by atoms with Crippen molar-refractivity contribution in [2.75, 3.05) is 33.0 Å². The summed E-state index contributed by atoms with van der Waals surface area (Å²) in [6, 6.07) is 0. The van der Waals surface area contributed by atoms with Crippen molar-refractivity contribution in [2.45, 2.75) is 210 Å². The molecule has 7 N–H and O–H groups in total. The van der Waals surface area contributed by atoms with Crippen molar-refractivity contribution in [3.8, 4) is 0 Å². The molecule has 0 bridgehead atoms. The average Bonchev–Trinajstić information content (AvgIpc) is 3.39. The fourth-order valence-corrected chi connectivity index (χ4v) is 7.63. The van der Waals surface area contributed by atoms with E-state index in [0.29, 0.717) is 13.0 Å². The molecule has 14 nitrogen and oxygen atoms in total. The van der Waals surface area contributed by atoms with Gasteiger partial charge in [0.2, 0.25) is 0 Å². The van der Waals surface area contributed by atoms with Gasteiger partial charge in [0.15, 0.2) is 12.6 Å². The maximum absolute atomic E-state index is 13.0. The van der Waals surface area contributed by atoms with Crippen LogP contribution in [0.5, 0.6) is 0 Å². The quantitative estimate of drug-likeness (QED) is 0.0173. The van der Waals surface area contributed by atoms with Crippen molar-refractivity contribution < 1.29 is 69.0 Å². The number of unbranched alkanes of at least 4 members (excludes halogenated alkanes) is 7. The molecule has 11 unspecified atom stereocenters. The second kappa shape index (κ2) is 44.7. The van der Waals surface area contributed by atoms with Crippen LogP contribution in [0.1, 0.15) is 142 Å². The number of ether oxygens (including phenoxy) is 6. The van der Waals surface area contributed by atoms with Gasteiger partial charge in [-0.3, -0.25) is 4.79 Å². The van der Waals surface area contributed by atoms with Crippen LogP contribution < -0.4 is 0 Å². The zero-order valence-corrected chi connectivity index (χ0v) is 44.1. The van der Waals surface area contributed by atoms with Crippen LogP contribution in [-0.2, 0) is 33.2 Å². The van der Waals surface area contributed by atoms with Crippen molar-refractivity contribution in [1.29, 1.82) is 0 Å². The Balaban J connectivity index is 1.79. The third kappa shape index (κ3) is 31.8. The lowest BCUT2D eigenvalue weighted by molar-refractivity contribution is -0.332. The Morgan fingerprint density at radius 2 is 0.849 bits per heavy atom. The van der Waals surface area contributed by atoms with E-state index < -0.39 is 86.7 Å². The molecule has 2 saturated heterocycles. The fraction of sp³-hybridized carbons (Fsp3) is 0.644. The number of hydrogen-bond acceptors (Lipinski definition) is 14. The highest BCUT2D eigenvalue weighted by molar-refractivity contribution is 5.69. The van der Waals surface area contributed by atoms with E-state index in [0.717, 1.165) is 116 Å². The van der Waals surface area contributed by atoms with Crippen molar-refractivity contribution in [1.82, 2.24) is 0 Å². The molecular formula is C59H94O14. The number of esters is 1. The molecule has 0 radical (unpaired) electrons. The topological polar surface area (TPSA) is 214 Å². The Labute approximate surface area is 437 Å². The number of carbonyl (C=O) groups excluding carboxylic acids is 1. The van der Waals surface area contributed by atoms with E-state index in [-0.39, 0.29) is 19.6 Å². The van der Waals surface area contributed by atoms with Crippen LogP contribution in [0.4, 0.5) is 0 Å². The molecule has 0 saturated carbocycles. The molecule has 2 rings (SSSR count). The summed E-state index contributed by atoms with van der Waals surface area (Å²) >= 11 is 0. The Morgan fingerprint density at radius 1 is 0.452 bits per heavy atom. The van der Waals surface area contributed by atoms with E-state index in [9.17, 15) is 40.5 Å². The maximum Gasteiger partial charge on any atom is 0.306 e. The minimum atomic E-state index is -1.73. The lowest BCUT2D eigenvalue weighted by Gasteiger charge is -2.42. The van der Waals surface area contributed by atoms with Gasteiger partial charge in [-0.05, 0) is 103 Å². The summed E-state index contributed by atoms with van der Waals surface area (Å²) in [7, 11) is 0. The summed E-state index contributed by atoms with van der Waals surface area (Å²) in [4.78, 5) is 13.0. The van der Waals surface area contributed by atoms with Crippen molar-refractivity contribution >= 4 is 5.97 Å². The predicted molar refractivity (Wildman–Crippen MR) is 288 cm³/mol. The standard InChI is InChI=1S/C59H94O14/c1-3-5-7-9-11-13-15-17-19-21-23-24-25-26-28-30-32-34-36-38-40-42-51(61)71-48(45-68-43-41-39-37-35-33-31-29-27-22-20-18-16-14-12-10-8-6-4-2)46-69-58-57(67)55(65)53(63)50(73-58)47-70-59-56(66)54(64)52(62)49(44-60)72-59/h5-8,11-14,17-20,23-24,26-29,32,34,48-50,52-60,62-67H,3-4,9-10,15-16,21-22,25,30-31,33,35-47H2,1-2H3/b7-5-,8-6-,13-11-,14-12-,19-17-,20-18-,24-23-,28-26-,29-27-,34-32-. The highest BCUT2D eigenvalue weighted by Gasteiger charge is 2.47. The smallest absolute Gasteiger partial charge is 0.306 e. The molecule has 14 heteroatoms. The van der Waals surface area contributed by atoms with Gasteiger partial charge >= 0.3 is 5.97 Å². The van der Waals surface area contributed by atoms with Crippen LogP contribution in [0.25, 0.3) is 0 Å². The van der Waals surface area contributed by atoms with Crippen LogP contribution in [0.15, 0.2) is 122 Å². The summed E-state index contributed by atoms with van der Waals surface area (Å²) in [5.41, 5.74) is 0.